The van der Waals surface area contributed by atoms with E-state index in [0.29, 0.717) is 26.2 Å². The van der Waals surface area contributed by atoms with Gasteiger partial charge in [0.05, 0.1) is 6.54 Å². The van der Waals surface area contributed by atoms with Gasteiger partial charge in [-0.05, 0) is 13.0 Å². The van der Waals surface area contributed by atoms with Crippen LogP contribution in [0.5, 0.6) is 0 Å². The highest BCUT2D eigenvalue weighted by Crippen LogP contribution is 2.09. The number of piperazine rings is 1. The minimum atomic E-state index is 0.000454. The molecule has 6 nitrogen and oxygen atoms in total. The Morgan fingerprint density at radius 3 is 2.39 bits per heavy atom. The van der Waals surface area contributed by atoms with E-state index in [4.69, 9.17) is 5.73 Å². The van der Waals surface area contributed by atoms with E-state index in [2.05, 4.69) is 10.2 Å². The maximum Gasteiger partial charge on any atom is 0.233 e. The van der Waals surface area contributed by atoms with Crippen LogP contribution in [0.2, 0.25) is 0 Å². The van der Waals surface area contributed by atoms with Gasteiger partial charge in [0, 0.05) is 39.1 Å². The van der Waals surface area contributed by atoms with Crippen LogP contribution < -0.4 is 11.1 Å². The number of nitrogens with one attached hydrogen (secondary N) is 1. The van der Waals surface area contributed by atoms with Gasteiger partial charge in [0.15, 0.2) is 0 Å². The first-order valence-electron chi connectivity index (χ1n) is 6.50. The summed E-state index contributed by atoms with van der Waals surface area (Å²) in [6, 6.07) is 0. The largest absolute Gasteiger partial charge is 0.358 e. The second-order valence-electron chi connectivity index (χ2n) is 4.75. The molecule has 0 spiro atoms. The van der Waals surface area contributed by atoms with Crippen molar-refractivity contribution in [2.45, 2.75) is 13.3 Å². The minimum Gasteiger partial charge on any atom is -0.358 e. The van der Waals surface area contributed by atoms with Crippen LogP contribution >= 0.6 is 0 Å². The number of hydrogen-bond donors (Lipinski definition) is 2. The monoisotopic (exact) mass is 256 g/mol. The van der Waals surface area contributed by atoms with Gasteiger partial charge in [0.25, 0.3) is 0 Å². The quantitative estimate of drug-likeness (QED) is 0.652. The van der Waals surface area contributed by atoms with Crippen LogP contribution in [0, 0.1) is 5.92 Å². The summed E-state index contributed by atoms with van der Waals surface area (Å²) in [6.45, 7) is 5.80. The number of hydrogen-bond acceptors (Lipinski definition) is 4. The van der Waals surface area contributed by atoms with Crippen molar-refractivity contribution in [3.05, 3.63) is 0 Å². The molecule has 6 heteroatoms. The number of nitrogens with zero attached hydrogens (tertiary/aromatic N) is 2. The van der Waals surface area contributed by atoms with Crippen molar-refractivity contribution >= 4 is 11.8 Å². The maximum absolute atomic E-state index is 12.0. The Labute approximate surface area is 108 Å². The predicted octanol–water partition coefficient (Wildman–Crippen LogP) is -1.14. The molecule has 1 fully saturated rings. The van der Waals surface area contributed by atoms with Crippen LogP contribution in [-0.4, -0.2) is 67.9 Å². The Bertz CT molecular complexity index is 288. The molecule has 0 aromatic rings. The Hall–Kier alpha value is -1.14. The molecule has 0 radical (unpaired) electrons. The smallest absolute Gasteiger partial charge is 0.233 e. The summed E-state index contributed by atoms with van der Waals surface area (Å²) >= 11 is 0. The average Bonchev–Trinajstić information content (AvgIpc) is 2.39. The molecule has 0 bridgehead atoms. The number of carbonyl (C=O) groups excluding carboxylic acids is 2. The molecule has 1 saturated heterocycles. The van der Waals surface area contributed by atoms with Gasteiger partial charge in [0.1, 0.15) is 0 Å². The third-order valence-corrected chi connectivity index (χ3v) is 3.35. The van der Waals surface area contributed by atoms with Gasteiger partial charge >= 0.3 is 0 Å². The summed E-state index contributed by atoms with van der Waals surface area (Å²) in [5.41, 5.74) is 5.47. The summed E-state index contributed by atoms with van der Waals surface area (Å²) < 4.78 is 0. The number of amides is 2. The zero-order valence-corrected chi connectivity index (χ0v) is 11.3. The third-order valence-electron chi connectivity index (χ3n) is 3.35. The SMILES string of the molecule is CNC(=O)CN1CCN(C(=O)C(C)CCN)CC1. The van der Waals surface area contributed by atoms with Gasteiger partial charge in [-0.3, -0.25) is 14.5 Å². The molecule has 0 aromatic carbocycles. The summed E-state index contributed by atoms with van der Waals surface area (Å²) in [7, 11) is 1.64. The van der Waals surface area contributed by atoms with Crippen molar-refractivity contribution in [3.8, 4) is 0 Å². The molecule has 2 amide bonds. The lowest BCUT2D eigenvalue weighted by atomic mass is 10.1. The predicted molar refractivity (Wildman–Crippen MR) is 69.9 cm³/mol. The second kappa shape index (κ2) is 7.33. The van der Waals surface area contributed by atoms with Crippen molar-refractivity contribution in [3.63, 3.8) is 0 Å². The Morgan fingerprint density at radius 2 is 1.89 bits per heavy atom. The average molecular weight is 256 g/mol. The fraction of sp³-hybridized carbons (Fsp3) is 0.833. The van der Waals surface area contributed by atoms with E-state index >= 15 is 0 Å². The Balaban J connectivity index is 2.34. The first-order chi connectivity index (χ1) is 8.58. The zero-order chi connectivity index (χ0) is 13.5. The Kier molecular flexibility index (Phi) is 6.07. The van der Waals surface area contributed by atoms with Gasteiger partial charge in [-0.2, -0.15) is 0 Å². The van der Waals surface area contributed by atoms with Crippen LogP contribution in [0.15, 0.2) is 0 Å². The third kappa shape index (κ3) is 4.27. The van der Waals surface area contributed by atoms with Gasteiger partial charge < -0.3 is 16.0 Å². The lowest BCUT2D eigenvalue weighted by Gasteiger charge is -2.35. The summed E-state index contributed by atoms with van der Waals surface area (Å²) in [6.07, 6.45) is 0.733. The van der Waals surface area contributed by atoms with Crippen molar-refractivity contribution in [1.82, 2.24) is 15.1 Å². The van der Waals surface area contributed by atoms with E-state index in [1.54, 1.807) is 7.05 Å². The summed E-state index contributed by atoms with van der Waals surface area (Å²) in [4.78, 5) is 27.2. The van der Waals surface area contributed by atoms with Gasteiger partial charge in [-0.1, -0.05) is 6.92 Å². The molecule has 18 heavy (non-hydrogen) atoms. The van der Waals surface area contributed by atoms with Gasteiger partial charge in [-0.15, -0.1) is 0 Å². The molecular formula is C12H24N4O2. The van der Waals surface area contributed by atoms with E-state index < -0.39 is 0 Å². The van der Waals surface area contributed by atoms with Crippen LogP contribution in [0.4, 0.5) is 0 Å². The van der Waals surface area contributed by atoms with Crippen LogP contribution in [0.1, 0.15) is 13.3 Å². The van der Waals surface area contributed by atoms with E-state index in [-0.39, 0.29) is 17.7 Å². The lowest BCUT2D eigenvalue weighted by molar-refractivity contribution is -0.137. The molecule has 1 aliphatic heterocycles. The molecule has 3 N–H and O–H groups in total. The van der Waals surface area contributed by atoms with Gasteiger partial charge in [0.2, 0.25) is 11.8 Å². The lowest BCUT2D eigenvalue weighted by Crippen LogP contribution is -2.52. The van der Waals surface area contributed by atoms with Crippen LogP contribution in [0.3, 0.4) is 0 Å². The number of rotatable bonds is 5. The van der Waals surface area contributed by atoms with E-state index in [1.165, 1.54) is 0 Å². The summed E-state index contributed by atoms with van der Waals surface area (Å²) in [5, 5.41) is 2.61. The highest BCUT2D eigenvalue weighted by Gasteiger charge is 2.24. The molecule has 104 valence electrons. The van der Waals surface area contributed by atoms with Crippen molar-refractivity contribution in [2.75, 3.05) is 46.3 Å². The fourth-order valence-electron chi connectivity index (χ4n) is 2.09. The highest BCUT2D eigenvalue weighted by atomic mass is 16.2. The normalized spacial score (nSPS) is 18.5. The second-order valence-corrected chi connectivity index (χ2v) is 4.75. The van der Waals surface area contributed by atoms with E-state index in [9.17, 15) is 9.59 Å². The molecular weight excluding hydrogens is 232 g/mol. The number of likely N-dealkylation sites (N-methyl/N-ethyl adjacent to an activating group) is 1. The molecule has 0 saturated carbocycles. The van der Waals surface area contributed by atoms with E-state index in [1.807, 2.05) is 11.8 Å². The number of nitrogens with two attached hydrogens (primary N) is 1. The fourth-order valence-corrected chi connectivity index (χ4v) is 2.09. The first kappa shape index (κ1) is 14.9. The topological polar surface area (TPSA) is 78.7 Å². The molecule has 0 aromatic heterocycles. The molecule has 1 aliphatic rings. The number of carbonyl (C=O) groups is 2. The first-order valence-corrected chi connectivity index (χ1v) is 6.50. The van der Waals surface area contributed by atoms with Crippen LogP contribution in [-0.2, 0) is 9.59 Å². The highest BCUT2D eigenvalue weighted by molar-refractivity contribution is 5.79. The van der Waals surface area contributed by atoms with Crippen LogP contribution in [0.25, 0.3) is 0 Å². The zero-order valence-electron chi connectivity index (χ0n) is 11.3. The molecule has 1 rings (SSSR count). The maximum atomic E-state index is 12.0. The molecule has 1 unspecified atom stereocenters. The van der Waals surface area contributed by atoms with Crippen molar-refractivity contribution < 1.29 is 9.59 Å². The van der Waals surface area contributed by atoms with E-state index in [0.717, 1.165) is 19.5 Å². The standard InChI is InChI=1S/C12H24N4O2/c1-10(3-4-13)12(18)16-7-5-15(6-8-16)9-11(17)14-2/h10H,3-9,13H2,1-2H3,(H,14,17). The van der Waals surface area contributed by atoms with Crippen molar-refractivity contribution in [2.24, 2.45) is 11.7 Å². The minimum absolute atomic E-state index is 0.000454. The molecule has 1 heterocycles. The molecule has 1 atom stereocenters. The summed E-state index contributed by atoms with van der Waals surface area (Å²) in [5.74, 6) is 0.201. The van der Waals surface area contributed by atoms with Crippen molar-refractivity contribution in [1.29, 1.82) is 0 Å². The Morgan fingerprint density at radius 1 is 1.28 bits per heavy atom. The van der Waals surface area contributed by atoms with Gasteiger partial charge in [-0.25, -0.2) is 0 Å². The molecule has 0 aliphatic carbocycles.